The van der Waals surface area contributed by atoms with Crippen LogP contribution in [0.3, 0.4) is 0 Å². The number of hydrogen-bond donors (Lipinski definition) is 1. The van der Waals surface area contributed by atoms with Crippen molar-refractivity contribution in [2.24, 2.45) is 23.5 Å². The molecule has 0 bridgehead atoms. The first-order chi connectivity index (χ1) is 10.2. The van der Waals surface area contributed by atoms with Crippen LogP contribution in [0, 0.1) is 17.8 Å². The van der Waals surface area contributed by atoms with Crippen molar-refractivity contribution in [3.05, 3.63) is 0 Å². The molecule has 21 heavy (non-hydrogen) atoms. The predicted molar refractivity (Wildman–Crippen MR) is 91.7 cm³/mol. The van der Waals surface area contributed by atoms with Crippen LogP contribution < -0.4 is 5.73 Å². The number of ether oxygens (including phenoxy) is 1. The molecule has 1 aliphatic carbocycles. The third-order valence-electron chi connectivity index (χ3n) is 6.30. The first-order valence-electron chi connectivity index (χ1n) is 9.20. The lowest BCUT2D eigenvalue weighted by Gasteiger charge is -2.48. The Morgan fingerprint density at radius 2 is 2.00 bits per heavy atom. The van der Waals surface area contributed by atoms with Crippen LogP contribution in [0.2, 0.25) is 0 Å². The lowest BCUT2D eigenvalue weighted by atomic mass is 9.66. The molecular weight excluding hydrogens is 278 g/mol. The maximum atomic E-state index is 6.54. The van der Waals surface area contributed by atoms with Crippen LogP contribution in [0.25, 0.3) is 0 Å². The van der Waals surface area contributed by atoms with E-state index in [1.807, 2.05) is 0 Å². The van der Waals surface area contributed by atoms with Crippen molar-refractivity contribution in [2.45, 2.75) is 76.4 Å². The smallest absolute Gasteiger partial charge is 0.0701 e. The lowest BCUT2D eigenvalue weighted by molar-refractivity contribution is -0.115. The maximum absolute atomic E-state index is 6.54. The van der Waals surface area contributed by atoms with Crippen LogP contribution in [0.4, 0.5) is 0 Å². The fourth-order valence-electron chi connectivity index (χ4n) is 5.06. The van der Waals surface area contributed by atoms with Crippen LogP contribution in [0.5, 0.6) is 0 Å². The largest absolute Gasteiger partial charge is 0.375 e. The summed E-state index contributed by atoms with van der Waals surface area (Å²) in [4.78, 5) is 0. The molecule has 0 amide bonds. The van der Waals surface area contributed by atoms with Crippen molar-refractivity contribution in [1.29, 1.82) is 0 Å². The first kappa shape index (κ1) is 16.1. The molecule has 0 aromatic heterocycles. The molecule has 3 aliphatic rings. The zero-order valence-corrected chi connectivity index (χ0v) is 14.5. The van der Waals surface area contributed by atoms with E-state index in [1.165, 1.54) is 69.3 Å². The van der Waals surface area contributed by atoms with Crippen LogP contribution in [0.15, 0.2) is 0 Å². The Balaban J connectivity index is 1.63. The molecular formula is C18H33NOS. The SMILES string of the molecule is CCCC1CCC(N)C(C2CCOC3(CCSCC3)C2)C1. The van der Waals surface area contributed by atoms with Crippen LogP contribution in [-0.2, 0) is 4.74 Å². The van der Waals surface area contributed by atoms with Gasteiger partial charge >= 0.3 is 0 Å². The molecule has 1 spiro atoms. The normalized spacial score (nSPS) is 40.3. The molecule has 0 radical (unpaired) electrons. The monoisotopic (exact) mass is 311 g/mol. The average molecular weight is 312 g/mol. The van der Waals surface area contributed by atoms with Gasteiger partial charge in [0.15, 0.2) is 0 Å². The van der Waals surface area contributed by atoms with Crippen molar-refractivity contribution in [3.63, 3.8) is 0 Å². The summed E-state index contributed by atoms with van der Waals surface area (Å²) in [6.07, 6.45) is 11.9. The summed E-state index contributed by atoms with van der Waals surface area (Å²) in [6.45, 7) is 3.31. The number of hydrogen-bond acceptors (Lipinski definition) is 3. The van der Waals surface area contributed by atoms with E-state index in [2.05, 4.69) is 18.7 Å². The fourth-order valence-corrected chi connectivity index (χ4v) is 6.29. The Hall–Kier alpha value is 0.270. The molecule has 2 nitrogen and oxygen atoms in total. The Labute approximate surface area is 135 Å². The van der Waals surface area contributed by atoms with Gasteiger partial charge in [-0.2, -0.15) is 11.8 Å². The standard InChI is InChI=1S/C18H33NOS/c1-2-3-14-4-5-17(19)16(12-14)15-6-9-20-18(13-15)7-10-21-11-8-18/h14-17H,2-13,19H2,1H3. The first-order valence-corrected chi connectivity index (χ1v) is 10.4. The van der Waals surface area contributed by atoms with E-state index in [4.69, 9.17) is 10.5 Å². The highest BCUT2D eigenvalue weighted by Crippen LogP contribution is 2.46. The molecule has 3 heteroatoms. The zero-order chi connectivity index (χ0) is 14.7. The van der Waals surface area contributed by atoms with Crippen LogP contribution in [-0.4, -0.2) is 29.8 Å². The van der Waals surface area contributed by atoms with Gasteiger partial charge in [0, 0.05) is 12.6 Å². The second-order valence-corrected chi connectivity index (χ2v) is 8.92. The van der Waals surface area contributed by atoms with Crippen molar-refractivity contribution in [3.8, 4) is 0 Å². The van der Waals surface area contributed by atoms with Gasteiger partial charge in [-0.1, -0.05) is 19.8 Å². The number of rotatable bonds is 3. The topological polar surface area (TPSA) is 35.2 Å². The van der Waals surface area contributed by atoms with Gasteiger partial charge in [0.2, 0.25) is 0 Å². The van der Waals surface area contributed by atoms with Gasteiger partial charge < -0.3 is 10.5 Å². The lowest BCUT2D eigenvalue weighted by Crippen LogP contribution is -2.48. The third-order valence-corrected chi connectivity index (χ3v) is 7.29. The quantitative estimate of drug-likeness (QED) is 0.847. The molecule has 3 fully saturated rings. The molecule has 0 aromatic carbocycles. The van der Waals surface area contributed by atoms with E-state index in [-0.39, 0.29) is 5.60 Å². The van der Waals surface area contributed by atoms with Gasteiger partial charge in [-0.3, -0.25) is 0 Å². The van der Waals surface area contributed by atoms with Crippen molar-refractivity contribution < 1.29 is 4.74 Å². The molecule has 1 saturated carbocycles. The summed E-state index contributed by atoms with van der Waals surface area (Å²) in [5.41, 5.74) is 6.77. The molecule has 2 heterocycles. The maximum Gasteiger partial charge on any atom is 0.0701 e. The fraction of sp³-hybridized carbons (Fsp3) is 1.00. The van der Waals surface area contributed by atoms with Crippen molar-refractivity contribution in [1.82, 2.24) is 0 Å². The molecule has 4 atom stereocenters. The van der Waals surface area contributed by atoms with Gasteiger partial charge in [-0.05, 0) is 74.2 Å². The minimum atomic E-state index is 0.228. The summed E-state index contributed by atoms with van der Waals surface area (Å²) in [5.74, 6) is 5.13. The summed E-state index contributed by atoms with van der Waals surface area (Å²) >= 11 is 2.10. The highest BCUT2D eigenvalue weighted by atomic mass is 32.2. The number of thioether (sulfide) groups is 1. The minimum absolute atomic E-state index is 0.228. The van der Waals surface area contributed by atoms with Gasteiger partial charge in [0.25, 0.3) is 0 Å². The molecule has 2 saturated heterocycles. The summed E-state index contributed by atoms with van der Waals surface area (Å²) in [5, 5.41) is 0. The average Bonchev–Trinajstić information content (AvgIpc) is 2.50. The van der Waals surface area contributed by atoms with Gasteiger partial charge in [0.05, 0.1) is 5.60 Å². The Morgan fingerprint density at radius 3 is 2.76 bits per heavy atom. The van der Waals surface area contributed by atoms with Crippen molar-refractivity contribution in [2.75, 3.05) is 18.1 Å². The van der Waals surface area contributed by atoms with Crippen LogP contribution in [0.1, 0.15) is 64.7 Å². The van der Waals surface area contributed by atoms with E-state index in [0.29, 0.717) is 6.04 Å². The Kier molecular flexibility index (Phi) is 5.55. The van der Waals surface area contributed by atoms with Gasteiger partial charge in [-0.25, -0.2) is 0 Å². The van der Waals surface area contributed by atoms with E-state index >= 15 is 0 Å². The van der Waals surface area contributed by atoms with E-state index in [1.54, 1.807) is 0 Å². The second kappa shape index (κ2) is 7.23. The third kappa shape index (κ3) is 3.79. The Morgan fingerprint density at radius 1 is 1.19 bits per heavy atom. The minimum Gasteiger partial charge on any atom is -0.375 e. The molecule has 2 aliphatic heterocycles. The highest BCUT2D eigenvalue weighted by Gasteiger charge is 2.43. The van der Waals surface area contributed by atoms with Crippen LogP contribution >= 0.6 is 11.8 Å². The van der Waals surface area contributed by atoms with E-state index in [9.17, 15) is 0 Å². The van der Waals surface area contributed by atoms with Gasteiger partial charge in [-0.15, -0.1) is 0 Å². The Bertz CT molecular complexity index is 324. The highest BCUT2D eigenvalue weighted by molar-refractivity contribution is 7.99. The van der Waals surface area contributed by atoms with Crippen molar-refractivity contribution >= 4 is 11.8 Å². The molecule has 2 N–H and O–H groups in total. The number of nitrogens with two attached hydrogens (primary N) is 1. The molecule has 122 valence electrons. The molecule has 0 aromatic rings. The summed E-state index contributed by atoms with van der Waals surface area (Å²) < 4.78 is 6.28. The van der Waals surface area contributed by atoms with E-state index in [0.717, 1.165) is 24.4 Å². The second-order valence-electron chi connectivity index (χ2n) is 7.69. The molecule has 4 unspecified atom stereocenters. The predicted octanol–water partition coefficient (Wildman–Crippen LogP) is 4.22. The zero-order valence-electron chi connectivity index (χ0n) is 13.7. The summed E-state index contributed by atoms with van der Waals surface area (Å²) in [6, 6.07) is 0.455. The van der Waals surface area contributed by atoms with E-state index < -0.39 is 0 Å². The van der Waals surface area contributed by atoms with Gasteiger partial charge in [0.1, 0.15) is 0 Å². The molecule has 3 rings (SSSR count). The summed E-state index contributed by atoms with van der Waals surface area (Å²) in [7, 11) is 0.